The molecular formula is C10H9NO2. The van der Waals surface area contributed by atoms with E-state index in [1.165, 1.54) is 6.92 Å². The fourth-order valence-corrected chi connectivity index (χ4v) is 1.29. The van der Waals surface area contributed by atoms with E-state index in [1.807, 2.05) is 18.2 Å². The topological polar surface area (TPSA) is 42.1 Å². The summed E-state index contributed by atoms with van der Waals surface area (Å²) in [6.45, 7) is 1.39. The Morgan fingerprint density at radius 2 is 2.23 bits per heavy atom. The van der Waals surface area contributed by atoms with Crippen LogP contribution in [0.15, 0.2) is 30.5 Å². The summed E-state index contributed by atoms with van der Waals surface area (Å²) in [4.78, 5) is 13.7. The molecule has 3 nitrogen and oxygen atoms in total. The fourth-order valence-electron chi connectivity index (χ4n) is 1.29. The van der Waals surface area contributed by atoms with Gasteiger partial charge in [0.05, 0.1) is 5.69 Å². The van der Waals surface area contributed by atoms with E-state index in [1.54, 1.807) is 12.3 Å². The molecule has 0 aromatic carbocycles. The van der Waals surface area contributed by atoms with Crippen LogP contribution in [0, 0.1) is 0 Å². The van der Waals surface area contributed by atoms with Gasteiger partial charge in [0.1, 0.15) is 0 Å². The molecule has 1 heterocycles. The number of rotatable bonds is 1. The van der Waals surface area contributed by atoms with Crippen molar-refractivity contribution in [3.8, 4) is 17.0 Å². The smallest absolute Gasteiger partial charge is 0.308 e. The van der Waals surface area contributed by atoms with Crippen molar-refractivity contribution in [2.75, 3.05) is 0 Å². The van der Waals surface area contributed by atoms with Crippen molar-refractivity contribution < 1.29 is 9.53 Å². The van der Waals surface area contributed by atoms with Crippen LogP contribution < -0.4 is 4.74 Å². The number of aromatic nitrogens is 1. The van der Waals surface area contributed by atoms with Gasteiger partial charge in [-0.25, -0.2) is 0 Å². The van der Waals surface area contributed by atoms with Crippen molar-refractivity contribution in [2.45, 2.75) is 6.92 Å². The lowest BCUT2D eigenvalue weighted by molar-refractivity contribution is -0.131. The van der Waals surface area contributed by atoms with Gasteiger partial charge in [-0.1, -0.05) is 6.07 Å². The zero-order valence-corrected chi connectivity index (χ0v) is 7.20. The number of carbonyl (C=O) groups excluding carboxylic acids is 1. The van der Waals surface area contributed by atoms with Gasteiger partial charge in [0.25, 0.3) is 0 Å². The summed E-state index contributed by atoms with van der Waals surface area (Å²) in [5.74, 6) is 0.285. The third-order valence-electron chi connectivity index (χ3n) is 1.80. The lowest BCUT2D eigenvalue weighted by atomic mass is 10.2. The highest BCUT2D eigenvalue weighted by atomic mass is 16.5. The molecule has 13 heavy (non-hydrogen) atoms. The Balaban J connectivity index is 2.43. The summed E-state index contributed by atoms with van der Waals surface area (Å²) in [5, 5.41) is 0. The fraction of sp³-hybridized carbons (Fsp3) is 0.100. The minimum atomic E-state index is -0.301. The third-order valence-corrected chi connectivity index (χ3v) is 1.80. The van der Waals surface area contributed by atoms with Gasteiger partial charge in [0.2, 0.25) is 0 Å². The second-order valence-corrected chi connectivity index (χ2v) is 2.79. The van der Waals surface area contributed by atoms with Gasteiger partial charge in [-0.3, -0.25) is 4.79 Å². The summed E-state index contributed by atoms with van der Waals surface area (Å²) in [5.41, 5.74) is 1.90. The lowest BCUT2D eigenvalue weighted by Crippen LogP contribution is -2.01. The predicted octanol–water partition coefficient (Wildman–Crippen LogP) is 2.04. The van der Waals surface area contributed by atoms with Crippen LogP contribution in [0.2, 0.25) is 0 Å². The SMILES string of the molecule is CC(=O)Oc1ccc2ccc[nH]c1-2. The van der Waals surface area contributed by atoms with Gasteiger partial charge in [-0.15, -0.1) is 0 Å². The molecule has 1 aliphatic heterocycles. The monoisotopic (exact) mass is 175 g/mol. The van der Waals surface area contributed by atoms with Crippen LogP contribution in [0.4, 0.5) is 0 Å². The maximum absolute atomic E-state index is 10.7. The summed E-state index contributed by atoms with van der Waals surface area (Å²) in [7, 11) is 0. The number of hydrogen-bond acceptors (Lipinski definition) is 2. The molecule has 3 heteroatoms. The number of aromatic amines is 1. The van der Waals surface area contributed by atoms with Crippen LogP contribution >= 0.6 is 0 Å². The van der Waals surface area contributed by atoms with Crippen LogP contribution in [0.5, 0.6) is 5.75 Å². The van der Waals surface area contributed by atoms with E-state index in [4.69, 9.17) is 4.74 Å². The van der Waals surface area contributed by atoms with E-state index in [0.717, 1.165) is 11.3 Å². The maximum Gasteiger partial charge on any atom is 0.308 e. The molecule has 0 bridgehead atoms. The van der Waals surface area contributed by atoms with E-state index in [-0.39, 0.29) is 5.97 Å². The second kappa shape index (κ2) is 2.94. The van der Waals surface area contributed by atoms with Gasteiger partial charge in [0.15, 0.2) is 5.75 Å². The van der Waals surface area contributed by atoms with E-state index in [9.17, 15) is 4.79 Å². The molecule has 0 amide bonds. The molecule has 0 atom stereocenters. The summed E-state index contributed by atoms with van der Waals surface area (Å²) in [6, 6.07) is 7.55. The highest BCUT2D eigenvalue weighted by Crippen LogP contribution is 2.31. The molecule has 0 saturated heterocycles. The molecule has 2 aliphatic rings. The maximum atomic E-state index is 10.7. The number of pyridine rings is 1. The van der Waals surface area contributed by atoms with Gasteiger partial charge >= 0.3 is 5.97 Å². The summed E-state index contributed by atoms with van der Waals surface area (Å²) in [6.07, 6.45) is 1.80. The first-order valence-corrected chi connectivity index (χ1v) is 4.02. The lowest BCUT2D eigenvalue weighted by Gasteiger charge is -2.02. The third kappa shape index (κ3) is 1.40. The molecule has 66 valence electrons. The first-order chi connectivity index (χ1) is 6.27. The zero-order valence-electron chi connectivity index (χ0n) is 7.20. The minimum absolute atomic E-state index is 0.301. The summed E-state index contributed by atoms with van der Waals surface area (Å²) >= 11 is 0. The number of esters is 1. The highest BCUT2D eigenvalue weighted by molar-refractivity contribution is 5.76. The number of ether oxygens (including phenoxy) is 1. The standard InChI is InChI=1S/C10H9NO2/c1-7(12)13-9-5-4-8-3-2-6-11-10(8)9/h2-6,11H,1H3. The van der Waals surface area contributed by atoms with Crippen molar-refractivity contribution in [3.05, 3.63) is 30.5 Å². The van der Waals surface area contributed by atoms with Gasteiger partial charge in [-0.05, 0) is 18.2 Å². The van der Waals surface area contributed by atoms with Crippen LogP contribution in [0.1, 0.15) is 6.92 Å². The quantitative estimate of drug-likeness (QED) is 0.674. The Bertz CT molecular complexity index is 405. The number of hydrogen-bond donors (Lipinski definition) is 1. The molecule has 0 fully saturated rings. The highest BCUT2D eigenvalue weighted by Gasteiger charge is 2.10. The molecule has 0 radical (unpaired) electrons. The Labute approximate surface area is 75.7 Å². The molecule has 1 N–H and O–H groups in total. The minimum Gasteiger partial charge on any atom is -0.424 e. The van der Waals surface area contributed by atoms with Crippen molar-refractivity contribution in [3.63, 3.8) is 0 Å². The number of fused-ring (bicyclic) bond motifs is 1. The van der Waals surface area contributed by atoms with Gasteiger partial charge < -0.3 is 9.72 Å². The molecule has 0 unspecified atom stereocenters. The molecule has 0 aromatic rings. The van der Waals surface area contributed by atoms with Gasteiger partial charge in [-0.2, -0.15) is 0 Å². The molecule has 2 rings (SSSR count). The average molecular weight is 175 g/mol. The number of H-pyrrole nitrogens is 1. The average Bonchev–Trinajstić information content (AvgIpc) is 2.48. The predicted molar refractivity (Wildman–Crippen MR) is 48.7 cm³/mol. The van der Waals surface area contributed by atoms with Crippen LogP contribution in [0.3, 0.4) is 0 Å². The second-order valence-electron chi connectivity index (χ2n) is 2.79. The van der Waals surface area contributed by atoms with E-state index >= 15 is 0 Å². The zero-order chi connectivity index (χ0) is 9.26. The first-order valence-electron chi connectivity index (χ1n) is 4.02. The Hall–Kier alpha value is -1.77. The number of carbonyl (C=O) groups is 1. The molecule has 0 spiro atoms. The van der Waals surface area contributed by atoms with Gasteiger partial charge in [0, 0.05) is 18.7 Å². The van der Waals surface area contributed by atoms with Crippen molar-refractivity contribution in [1.82, 2.24) is 4.98 Å². The molecule has 0 saturated carbocycles. The van der Waals surface area contributed by atoms with Crippen molar-refractivity contribution in [2.24, 2.45) is 0 Å². The first kappa shape index (κ1) is 7.86. The van der Waals surface area contributed by atoms with E-state index < -0.39 is 0 Å². The van der Waals surface area contributed by atoms with Crippen LogP contribution in [0.25, 0.3) is 11.3 Å². The van der Waals surface area contributed by atoms with Crippen molar-refractivity contribution in [1.29, 1.82) is 0 Å². The van der Waals surface area contributed by atoms with E-state index in [2.05, 4.69) is 4.98 Å². The number of nitrogens with one attached hydrogen (secondary N) is 1. The summed E-state index contributed by atoms with van der Waals surface area (Å²) < 4.78 is 5.00. The Kier molecular flexibility index (Phi) is 1.77. The van der Waals surface area contributed by atoms with E-state index in [0.29, 0.717) is 5.75 Å². The normalized spacial score (nSPS) is 10.2. The van der Waals surface area contributed by atoms with Crippen molar-refractivity contribution >= 4 is 5.97 Å². The molecule has 0 aromatic heterocycles. The van der Waals surface area contributed by atoms with Crippen LogP contribution in [-0.2, 0) is 4.79 Å². The Morgan fingerprint density at radius 1 is 1.38 bits per heavy atom. The Morgan fingerprint density at radius 3 is 3.00 bits per heavy atom. The largest absolute Gasteiger partial charge is 0.424 e. The van der Waals surface area contributed by atoms with Crippen LogP contribution in [-0.4, -0.2) is 11.0 Å². The molecular weight excluding hydrogens is 166 g/mol. The molecule has 1 aliphatic carbocycles.